The highest BCUT2D eigenvalue weighted by Crippen LogP contribution is 2.23. The van der Waals surface area contributed by atoms with Crippen molar-refractivity contribution in [2.75, 3.05) is 24.5 Å². The van der Waals surface area contributed by atoms with Crippen molar-refractivity contribution in [1.29, 1.82) is 0 Å². The fraction of sp³-hybridized carbons (Fsp3) is 0.632. The monoisotopic (exact) mass is 379 g/mol. The average Bonchev–Trinajstić information content (AvgIpc) is 2.90. The second-order valence-corrected chi connectivity index (χ2v) is 8.95. The van der Waals surface area contributed by atoms with Crippen LogP contribution >= 0.6 is 0 Å². The Morgan fingerprint density at radius 1 is 0.962 bits per heavy atom. The minimum Gasteiger partial charge on any atom is -0.313 e. The molecule has 2 aliphatic rings. The van der Waals surface area contributed by atoms with Crippen LogP contribution in [-0.4, -0.2) is 40.0 Å². The van der Waals surface area contributed by atoms with Crippen LogP contribution in [0.4, 0.5) is 5.69 Å². The number of amides is 1. The zero-order valence-electron chi connectivity index (χ0n) is 15.2. The molecule has 1 amide bonds. The normalized spacial score (nSPS) is 19.7. The molecule has 3 rings (SSSR count). The fourth-order valence-electron chi connectivity index (χ4n) is 3.75. The minimum atomic E-state index is -3.52. The number of carbonyl (C=O) groups excluding carboxylic acids is 1. The molecular weight excluding hydrogens is 350 g/mol. The van der Waals surface area contributed by atoms with E-state index in [1.54, 1.807) is 29.2 Å². The summed E-state index contributed by atoms with van der Waals surface area (Å²) in [5, 5.41) is 3.47. The van der Waals surface area contributed by atoms with Crippen molar-refractivity contribution in [1.82, 2.24) is 10.0 Å². The van der Waals surface area contributed by atoms with E-state index in [0.717, 1.165) is 12.1 Å². The molecule has 1 aromatic rings. The van der Waals surface area contributed by atoms with Gasteiger partial charge in [-0.05, 0) is 43.5 Å². The van der Waals surface area contributed by atoms with Crippen LogP contribution in [0.25, 0.3) is 0 Å². The van der Waals surface area contributed by atoms with Crippen molar-refractivity contribution in [3.8, 4) is 0 Å². The second kappa shape index (κ2) is 8.97. The fourth-order valence-corrected chi connectivity index (χ4v) is 4.79. The van der Waals surface area contributed by atoms with Gasteiger partial charge in [0.2, 0.25) is 15.9 Å². The maximum atomic E-state index is 12.4. The number of rotatable bonds is 7. The van der Waals surface area contributed by atoms with Gasteiger partial charge in [-0.3, -0.25) is 4.79 Å². The Labute approximate surface area is 156 Å². The first-order chi connectivity index (χ1) is 12.6. The van der Waals surface area contributed by atoms with Gasteiger partial charge in [0.1, 0.15) is 0 Å². The van der Waals surface area contributed by atoms with Gasteiger partial charge in [0.05, 0.1) is 4.90 Å². The molecule has 1 aromatic carbocycles. The summed E-state index contributed by atoms with van der Waals surface area (Å²) in [4.78, 5) is 13.7. The van der Waals surface area contributed by atoms with Gasteiger partial charge in [-0.2, -0.15) is 0 Å². The van der Waals surface area contributed by atoms with E-state index in [2.05, 4.69) is 10.0 Å². The predicted molar refractivity (Wildman–Crippen MR) is 103 cm³/mol. The number of anilines is 1. The summed E-state index contributed by atoms with van der Waals surface area (Å²) in [5.74, 6) is 0.100. The van der Waals surface area contributed by atoms with E-state index in [1.165, 1.54) is 38.5 Å². The van der Waals surface area contributed by atoms with Crippen LogP contribution in [0, 0.1) is 0 Å². The summed E-state index contributed by atoms with van der Waals surface area (Å²) < 4.78 is 27.5. The van der Waals surface area contributed by atoms with Crippen molar-refractivity contribution in [2.45, 2.75) is 62.3 Å². The minimum absolute atomic E-state index is 0.100. The average molecular weight is 380 g/mol. The molecule has 0 radical (unpaired) electrons. The van der Waals surface area contributed by atoms with Crippen LogP contribution in [0.3, 0.4) is 0 Å². The number of benzene rings is 1. The van der Waals surface area contributed by atoms with Gasteiger partial charge >= 0.3 is 0 Å². The van der Waals surface area contributed by atoms with E-state index in [9.17, 15) is 13.2 Å². The van der Waals surface area contributed by atoms with Crippen molar-refractivity contribution < 1.29 is 13.2 Å². The van der Waals surface area contributed by atoms with Crippen molar-refractivity contribution in [3.05, 3.63) is 24.3 Å². The third kappa shape index (κ3) is 5.05. The molecule has 7 heteroatoms. The number of hydrogen-bond acceptors (Lipinski definition) is 4. The van der Waals surface area contributed by atoms with Gasteiger partial charge in [-0.1, -0.05) is 25.7 Å². The molecule has 1 saturated heterocycles. The molecule has 1 aliphatic carbocycles. The Morgan fingerprint density at radius 3 is 2.27 bits per heavy atom. The highest BCUT2D eigenvalue weighted by molar-refractivity contribution is 7.89. The van der Waals surface area contributed by atoms with Crippen LogP contribution in [0.2, 0.25) is 0 Å². The van der Waals surface area contributed by atoms with E-state index in [0.29, 0.717) is 32.1 Å². The SMILES string of the molecule is O=C1CCCN1c1ccc(S(=O)(=O)NCCNC2CCCCCC2)cc1. The van der Waals surface area contributed by atoms with Gasteiger partial charge in [0.15, 0.2) is 0 Å². The summed E-state index contributed by atoms with van der Waals surface area (Å²) in [6, 6.07) is 7.08. The summed E-state index contributed by atoms with van der Waals surface area (Å²) in [5.41, 5.74) is 0.765. The lowest BCUT2D eigenvalue weighted by atomic mass is 10.1. The molecule has 1 saturated carbocycles. The van der Waals surface area contributed by atoms with Gasteiger partial charge in [-0.25, -0.2) is 13.1 Å². The molecule has 6 nitrogen and oxygen atoms in total. The highest BCUT2D eigenvalue weighted by Gasteiger charge is 2.22. The van der Waals surface area contributed by atoms with Crippen molar-refractivity contribution >= 4 is 21.6 Å². The number of sulfonamides is 1. The topological polar surface area (TPSA) is 78.5 Å². The van der Waals surface area contributed by atoms with Crippen LogP contribution in [-0.2, 0) is 14.8 Å². The molecule has 26 heavy (non-hydrogen) atoms. The Kier molecular flexibility index (Phi) is 6.67. The maximum absolute atomic E-state index is 12.4. The van der Waals surface area contributed by atoms with E-state index >= 15 is 0 Å². The highest BCUT2D eigenvalue weighted by atomic mass is 32.2. The van der Waals surface area contributed by atoms with Crippen molar-refractivity contribution in [3.63, 3.8) is 0 Å². The van der Waals surface area contributed by atoms with E-state index in [4.69, 9.17) is 0 Å². The van der Waals surface area contributed by atoms with Gasteiger partial charge < -0.3 is 10.2 Å². The largest absolute Gasteiger partial charge is 0.313 e. The number of carbonyl (C=O) groups is 1. The van der Waals surface area contributed by atoms with Crippen LogP contribution < -0.4 is 14.9 Å². The molecule has 144 valence electrons. The number of nitrogens with zero attached hydrogens (tertiary/aromatic N) is 1. The molecular formula is C19H29N3O3S. The Hall–Kier alpha value is -1.44. The van der Waals surface area contributed by atoms with Crippen LogP contribution in [0.15, 0.2) is 29.2 Å². The lowest BCUT2D eigenvalue weighted by molar-refractivity contribution is -0.117. The lowest BCUT2D eigenvalue weighted by Gasteiger charge is -2.17. The standard InChI is InChI=1S/C19H29N3O3S/c23-19-8-5-15-22(19)17-9-11-18(12-10-17)26(24,25)21-14-13-20-16-6-3-1-2-4-7-16/h9-12,16,20-21H,1-8,13-15H2. The van der Waals surface area contributed by atoms with Crippen molar-refractivity contribution in [2.24, 2.45) is 0 Å². The Balaban J connectivity index is 1.49. The summed E-state index contributed by atoms with van der Waals surface area (Å²) in [7, 11) is -3.52. The Bertz CT molecular complexity index is 695. The zero-order chi connectivity index (χ0) is 18.4. The zero-order valence-corrected chi connectivity index (χ0v) is 16.1. The summed E-state index contributed by atoms with van der Waals surface area (Å²) >= 11 is 0. The van der Waals surface area contributed by atoms with Gasteiger partial charge in [-0.15, -0.1) is 0 Å². The number of nitrogens with one attached hydrogen (secondary N) is 2. The van der Waals surface area contributed by atoms with Gasteiger partial charge in [0, 0.05) is 37.8 Å². The molecule has 0 aromatic heterocycles. The molecule has 1 heterocycles. The first-order valence-corrected chi connectivity index (χ1v) is 11.2. The first-order valence-electron chi connectivity index (χ1n) is 9.70. The van der Waals surface area contributed by atoms with Crippen LogP contribution in [0.5, 0.6) is 0 Å². The molecule has 1 aliphatic heterocycles. The van der Waals surface area contributed by atoms with Gasteiger partial charge in [0.25, 0.3) is 0 Å². The molecule has 0 bridgehead atoms. The summed E-state index contributed by atoms with van der Waals surface area (Å²) in [6.07, 6.45) is 8.93. The molecule has 2 N–H and O–H groups in total. The number of hydrogen-bond donors (Lipinski definition) is 2. The smallest absolute Gasteiger partial charge is 0.240 e. The molecule has 2 fully saturated rings. The van der Waals surface area contributed by atoms with Crippen LogP contribution in [0.1, 0.15) is 51.4 Å². The quantitative estimate of drug-likeness (QED) is 0.563. The molecule has 0 unspecified atom stereocenters. The molecule has 0 spiro atoms. The third-order valence-corrected chi connectivity index (χ3v) is 6.71. The predicted octanol–water partition coefficient (Wildman–Crippen LogP) is 2.40. The second-order valence-electron chi connectivity index (χ2n) is 7.18. The third-order valence-electron chi connectivity index (χ3n) is 5.24. The van der Waals surface area contributed by atoms with E-state index in [1.807, 2.05) is 0 Å². The Morgan fingerprint density at radius 2 is 1.65 bits per heavy atom. The molecule has 0 atom stereocenters. The lowest BCUT2D eigenvalue weighted by Crippen LogP contribution is -2.36. The first kappa shape index (κ1) is 19.3. The van der Waals surface area contributed by atoms with E-state index in [-0.39, 0.29) is 10.8 Å². The van der Waals surface area contributed by atoms with E-state index < -0.39 is 10.0 Å². The summed E-state index contributed by atoms with van der Waals surface area (Å²) in [6.45, 7) is 1.73. The maximum Gasteiger partial charge on any atom is 0.240 e.